The largest absolute Gasteiger partial charge is 0.462 e. The van der Waals surface area contributed by atoms with Gasteiger partial charge in [-0.2, -0.15) is 0 Å². The fourth-order valence-electron chi connectivity index (χ4n) is 2.09. The fraction of sp³-hybridized carbons (Fsp3) is 0.571. The van der Waals surface area contributed by atoms with E-state index in [1.165, 1.54) is 0 Å². The molecule has 0 aromatic heterocycles. The number of hydrogen-bond acceptors (Lipinski definition) is 6. The minimum absolute atomic E-state index is 0.474. The van der Waals surface area contributed by atoms with Crippen molar-refractivity contribution in [1.82, 2.24) is 0 Å². The van der Waals surface area contributed by atoms with Crippen molar-refractivity contribution in [3.8, 4) is 5.75 Å². The summed E-state index contributed by atoms with van der Waals surface area (Å²) < 4.78 is 10.8. The predicted molar refractivity (Wildman–Crippen MR) is 70.3 cm³/mol. The first kappa shape index (κ1) is 15.2. The number of benzene rings is 1. The van der Waals surface area contributed by atoms with E-state index in [1.54, 1.807) is 12.1 Å². The van der Waals surface area contributed by atoms with E-state index < -0.39 is 37.3 Å². The molecule has 4 N–H and O–H groups in total. The van der Waals surface area contributed by atoms with Crippen LogP contribution in [0.2, 0.25) is 0 Å². The maximum absolute atomic E-state index is 9.86. The molecule has 6 nitrogen and oxygen atoms in total. The summed E-state index contributed by atoms with van der Waals surface area (Å²) in [4.78, 5) is 0. The highest BCUT2D eigenvalue weighted by Gasteiger charge is 2.44. The van der Waals surface area contributed by atoms with Crippen molar-refractivity contribution in [2.24, 2.45) is 0 Å². The van der Waals surface area contributed by atoms with Crippen molar-refractivity contribution >= 4 is 0 Å². The molecule has 112 valence electrons. The van der Waals surface area contributed by atoms with Crippen LogP contribution in [0.3, 0.4) is 0 Å². The molecule has 20 heavy (non-hydrogen) atoms. The van der Waals surface area contributed by atoms with Gasteiger partial charge in [-0.05, 0) is 37.1 Å². The second-order valence-corrected chi connectivity index (χ2v) is 5.06. The number of aliphatic hydroxyl groups excluding tert-OH is 4. The van der Waals surface area contributed by atoms with Crippen molar-refractivity contribution in [2.45, 2.75) is 44.6 Å². The molecular formula is C14H20O6. The molecule has 1 aromatic carbocycles. The smallest absolute Gasteiger partial charge is 0.229 e. The van der Waals surface area contributed by atoms with Crippen LogP contribution in [0.5, 0.6) is 5.75 Å². The van der Waals surface area contributed by atoms with Crippen molar-refractivity contribution in [1.29, 1.82) is 0 Å². The third-order valence-electron chi connectivity index (χ3n) is 3.58. The topological polar surface area (TPSA) is 99.4 Å². The van der Waals surface area contributed by atoms with Crippen LogP contribution in [0, 0.1) is 13.8 Å². The lowest BCUT2D eigenvalue weighted by molar-refractivity contribution is -0.277. The van der Waals surface area contributed by atoms with Gasteiger partial charge in [-0.25, -0.2) is 0 Å². The highest BCUT2D eigenvalue weighted by atomic mass is 16.7. The van der Waals surface area contributed by atoms with Crippen LogP contribution in [0.25, 0.3) is 0 Å². The van der Waals surface area contributed by atoms with Gasteiger partial charge in [0.25, 0.3) is 0 Å². The van der Waals surface area contributed by atoms with E-state index in [4.69, 9.17) is 14.6 Å². The molecule has 0 amide bonds. The first-order valence-corrected chi connectivity index (χ1v) is 6.48. The van der Waals surface area contributed by atoms with Crippen LogP contribution in [-0.4, -0.2) is 57.7 Å². The van der Waals surface area contributed by atoms with Crippen molar-refractivity contribution in [3.05, 3.63) is 29.3 Å². The lowest BCUT2D eigenvalue weighted by atomic mass is 9.99. The average Bonchev–Trinajstić information content (AvgIpc) is 2.43. The zero-order valence-corrected chi connectivity index (χ0v) is 11.4. The number of ether oxygens (including phenoxy) is 2. The zero-order valence-electron chi connectivity index (χ0n) is 11.4. The van der Waals surface area contributed by atoms with Gasteiger partial charge >= 0.3 is 0 Å². The highest BCUT2D eigenvalue weighted by molar-refractivity contribution is 5.33. The van der Waals surface area contributed by atoms with Crippen molar-refractivity contribution < 1.29 is 29.9 Å². The molecule has 0 spiro atoms. The fourth-order valence-corrected chi connectivity index (χ4v) is 2.09. The van der Waals surface area contributed by atoms with Gasteiger partial charge in [0.05, 0.1) is 6.61 Å². The van der Waals surface area contributed by atoms with Crippen molar-refractivity contribution in [3.63, 3.8) is 0 Å². The summed E-state index contributed by atoms with van der Waals surface area (Å²) in [6, 6.07) is 5.38. The minimum atomic E-state index is -1.43. The maximum Gasteiger partial charge on any atom is 0.229 e. The van der Waals surface area contributed by atoms with Crippen LogP contribution in [0.1, 0.15) is 11.1 Å². The predicted octanol–water partition coefficient (Wildman–Crippen LogP) is -0.518. The van der Waals surface area contributed by atoms with Crippen LogP contribution in [0.15, 0.2) is 18.2 Å². The average molecular weight is 284 g/mol. The molecule has 1 aliphatic heterocycles. The lowest BCUT2D eigenvalue weighted by Crippen LogP contribution is -2.60. The van der Waals surface area contributed by atoms with Crippen LogP contribution in [0.4, 0.5) is 0 Å². The first-order chi connectivity index (χ1) is 9.43. The molecule has 1 heterocycles. The summed E-state index contributed by atoms with van der Waals surface area (Å²) >= 11 is 0. The van der Waals surface area contributed by atoms with Gasteiger partial charge in [-0.3, -0.25) is 0 Å². The lowest BCUT2D eigenvalue weighted by Gasteiger charge is -2.39. The molecule has 1 fully saturated rings. The summed E-state index contributed by atoms with van der Waals surface area (Å²) in [5.74, 6) is 0.484. The molecule has 0 bridgehead atoms. The Morgan fingerprint density at radius 1 is 1.05 bits per heavy atom. The standard InChI is InChI=1S/C14H20O6/c1-7-3-4-9(5-8(7)2)19-14-13(18)12(17)11(16)10(6-15)20-14/h3-5,10-18H,6H2,1-2H3/t10-,11+,12+,13-,14+/m0/s1. The highest BCUT2D eigenvalue weighted by Crippen LogP contribution is 2.25. The van der Waals surface area contributed by atoms with Gasteiger partial charge in [0, 0.05) is 0 Å². The van der Waals surface area contributed by atoms with Gasteiger partial charge < -0.3 is 29.9 Å². The quantitative estimate of drug-likeness (QED) is 0.596. The summed E-state index contributed by atoms with van der Waals surface area (Å²) in [7, 11) is 0. The molecule has 1 aromatic rings. The van der Waals surface area contributed by atoms with Gasteiger partial charge in [0.1, 0.15) is 30.2 Å². The van der Waals surface area contributed by atoms with E-state index in [1.807, 2.05) is 19.9 Å². The Bertz CT molecular complexity index is 461. The molecule has 0 aliphatic carbocycles. The molecule has 1 aliphatic rings. The zero-order chi connectivity index (χ0) is 14.9. The van der Waals surface area contributed by atoms with Crippen LogP contribution in [-0.2, 0) is 4.74 Å². The minimum Gasteiger partial charge on any atom is -0.462 e. The molecule has 6 heteroatoms. The van der Waals surface area contributed by atoms with E-state index in [0.717, 1.165) is 11.1 Å². The van der Waals surface area contributed by atoms with Gasteiger partial charge in [-0.15, -0.1) is 0 Å². The third-order valence-corrected chi connectivity index (χ3v) is 3.58. The number of rotatable bonds is 3. The molecule has 0 unspecified atom stereocenters. The second kappa shape index (κ2) is 6.07. The Morgan fingerprint density at radius 2 is 1.75 bits per heavy atom. The van der Waals surface area contributed by atoms with E-state index in [9.17, 15) is 15.3 Å². The Morgan fingerprint density at radius 3 is 2.35 bits per heavy atom. The number of hydrogen-bond donors (Lipinski definition) is 4. The Labute approximate surface area is 117 Å². The summed E-state index contributed by atoms with van der Waals surface area (Å²) in [6.45, 7) is 3.42. The maximum atomic E-state index is 9.86. The number of aliphatic hydroxyl groups is 4. The summed E-state index contributed by atoms with van der Waals surface area (Å²) in [5.41, 5.74) is 2.12. The summed E-state index contributed by atoms with van der Waals surface area (Å²) in [5, 5.41) is 38.3. The van der Waals surface area contributed by atoms with Gasteiger partial charge in [0.15, 0.2) is 0 Å². The Hall–Kier alpha value is -1.18. The normalized spacial score (nSPS) is 34.0. The number of aryl methyl sites for hydroxylation is 2. The monoisotopic (exact) mass is 284 g/mol. The van der Waals surface area contributed by atoms with E-state index in [-0.39, 0.29) is 0 Å². The molecule has 0 radical (unpaired) electrons. The second-order valence-electron chi connectivity index (χ2n) is 5.06. The van der Waals surface area contributed by atoms with Gasteiger partial charge in [0.2, 0.25) is 6.29 Å². The Balaban J connectivity index is 2.13. The van der Waals surface area contributed by atoms with Crippen LogP contribution < -0.4 is 4.74 Å². The SMILES string of the molecule is Cc1ccc(O[C@@H]2O[C@@H](CO)[C@@H](O)[C@@H](O)[C@@H]2O)cc1C. The van der Waals surface area contributed by atoms with E-state index in [0.29, 0.717) is 5.75 Å². The first-order valence-electron chi connectivity index (χ1n) is 6.48. The van der Waals surface area contributed by atoms with Gasteiger partial charge in [-0.1, -0.05) is 6.07 Å². The molecular weight excluding hydrogens is 264 g/mol. The summed E-state index contributed by atoms with van der Waals surface area (Å²) in [6.07, 6.45) is -6.32. The van der Waals surface area contributed by atoms with Crippen LogP contribution >= 0.6 is 0 Å². The van der Waals surface area contributed by atoms with E-state index in [2.05, 4.69) is 0 Å². The van der Waals surface area contributed by atoms with E-state index >= 15 is 0 Å². The Kier molecular flexibility index (Phi) is 4.62. The molecule has 5 atom stereocenters. The molecule has 2 rings (SSSR count). The molecule has 0 saturated carbocycles. The van der Waals surface area contributed by atoms with Crippen molar-refractivity contribution in [2.75, 3.05) is 6.61 Å². The third kappa shape index (κ3) is 2.94. The molecule has 1 saturated heterocycles.